The summed E-state index contributed by atoms with van der Waals surface area (Å²) in [5.41, 5.74) is 2.32. The number of amides is 1. The Balaban J connectivity index is 1.47. The molecule has 3 heterocycles. The molecule has 1 amide bonds. The number of aryl methyl sites for hydroxylation is 1. The SMILES string of the molecule is Cc1nn(C[C@H](C)C(=O)N2CCO[C@H](c3cc4cc(F)ccc4cn3)C2)c(C)c1Cl. The van der Waals surface area contributed by atoms with Crippen LogP contribution in [0.25, 0.3) is 10.8 Å². The first-order chi connectivity index (χ1) is 14.3. The van der Waals surface area contributed by atoms with Gasteiger partial charge in [-0.25, -0.2) is 4.39 Å². The summed E-state index contributed by atoms with van der Waals surface area (Å²) < 4.78 is 21.2. The molecule has 0 aliphatic carbocycles. The zero-order valence-electron chi connectivity index (χ0n) is 17.2. The van der Waals surface area contributed by atoms with Crippen molar-refractivity contribution in [1.29, 1.82) is 0 Å². The summed E-state index contributed by atoms with van der Waals surface area (Å²) in [5.74, 6) is -0.505. The van der Waals surface area contributed by atoms with Crippen molar-refractivity contribution in [1.82, 2.24) is 19.7 Å². The van der Waals surface area contributed by atoms with Gasteiger partial charge >= 0.3 is 0 Å². The normalized spacial score (nSPS) is 18.0. The Morgan fingerprint density at radius 2 is 2.13 bits per heavy atom. The Labute approximate surface area is 179 Å². The van der Waals surface area contributed by atoms with Gasteiger partial charge in [-0.3, -0.25) is 14.5 Å². The Bertz CT molecular complexity index is 1100. The van der Waals surface area contributed by atoms with E-state index >= 15 is 0 Å². The molecule has 2 aromatic heterocycles. The molecule has 0 unspecified atom stereocenters. The molecule has 1 aromatic carbocycles. The van der Waals surface area contributed by atoms with Gasteiger partial charge in [-0.2, -0.15) is 5.10 Å². The number of hydrogen-bond acceptors (Lipinski definition) is 4. The molecule has 3 aromatic rings. The van der Waals surface area contributed by atoms with Crippen LogP contribution in [-0.4, -0.2) is 45.3 Å². The minimum atomic E-state index is -0.342. The van der Waals surface area contributed by atoms with E-state index in [2.05, 4.69) is 10.1 Å². The van der Waals surface area contributed by atoms with E-state index in [9.17, 15) is 9.18 Å². The molecule has 158 valence electrons. The summed E-state index contributed by atoms with van der Waals surface area (Å²) in [4.78, 5) is 19.4. The molecule has 1 fully saturated rings. The van der Waals surface area contributed by atoms with Gasteiger partial charge in [0.15, 0.2) is 0 Å². The van der Waals surface area contributed by atoms with Crippen LogP contribution in [0, 0.1) is 25.6 Å². The van der Waals surface area contributed by atoms with Crippen LogP contribution in [0.4, 0.5) is 4.39 Å². The molecular formula is C22H24ClFN4O2. The largest absolute Gasteiger partial charge is 0.368 e. The number of aromatic nitrogens is 3. The number of morpholine rings is 1. The van der Waals surface area contributed by atoms with Gasteiger partial charge in [0.1, 0.15) is 11.9 Å². The third-order valence-electron chi connectivity index (χ3n) is 5.57. The molecule has 0 radical (unpaired) electrons. The van der Waals surface area contributed by atoms with E-state index < -0.39 is 0 Å². The van der Waals surface area contributed by atoms with Crippen LogP contribution in [-0.2, 0) is 16.1 Å². The fourth-order valence-corrected chi connectivity index (χ4v) is 3.97. The molecule has 30 heavy (non-hydrogen) atoms. The smallest absolute Gasteiger partial charge is 0.227 e. The van der Waals surface area contributed by atoms with Gasteiger partial charge in [0.2, 0.25) is 5.91 Å². The lowest BCUT2D eigenvalue weighted by Crippen LogP contribution is -2.45. The van der Waals surface area contributed by atoms with E-state index in [1.165, 1.54) is 12.1 Å². The van der Waals surface area contributed by atoms with Crippen LogP contribution in [0.2, 0.25) is 5.02 Å². The van der Waals surface area contributed by atoms with Crippen LogP contribution in [0.1, 0.15) is 30.1 Å². The van der Waals surface area contributed by atoms with E-state index in [4.69, 9.17) is 16.3 Å². The van der Waals surface area contributed by atoms with E-state index in [0.717, 1.165) is 22.2 Å². The van der Waals surface area contributed by atoms with Crippen molar-refractivity contribution in [3.63, 3.8) is 0 Å². The number of rotatable bonds is 4. The summed E-state index contributed by atoms with van der Waals surface area (Å²) >= 11 is 6.22. The number of benzene rings is 1. The van der Waals surface area contributed by atoms with Crippen LogP contribution >= 0.6 is 11.6 Å². The predicted molar refractivity (Wildman–Crippen MR) is 113 cm³/mol. The zero-order valence-corrected chi connectivity index (χ0v) is 18.0. The van der Waals surface area contributed by atoms with Crippen LogP contribution in [0.5, 0.6) is 0 Å². The summed E-state index contributed by atoms with van der Waals surface area (Å²) in [6, 6.07) is 6.43. The summed E-state index contributed by atoms with van der Waals surface area (Å²) in [5, 5.41) is 6.69. The number of ether oxygens (including phenoxy) is 1. The number of halogens is 2. The van der Waals surface area contributed by atoms with Crippen LogP contribution < -0.4 is 0 Å². The van der Waals surface area contributed by atoms with Crippen molar-refractivity contribution < 1.29 is 13.9 Å². The highest BCUT2D eigenvalue weighted by Crippen LogP contribution is 2.26. The average molecular weight is 431 g/mol. The molecule has 1 aliphatic heterocycles. The van der Waals surface area contributed by atoms with E-state index in [-0.39, 0.29) is 23.7 Å². The Hall–Kier alpha value is -2.51. The van der Waals surface area contributed by atoms with Gasteiger partial charge in [0.25, 0.3) is 0 Å². The van der Waals surface area contributed by atoms with Gasteiger partial charge in [0.05, 0.1) is 47.7 Å². The van der Waals surface area contributed by atoms with Gasteiger partial charge in [-0.1, -0.05) is 18.5 Å². The van der Waals surface area contributed by atoms with Crippen molar-refractivity contribution in [2.24, 2.45) is 5.92 Å². The predicted octanol–water partition coefficient (Wildman–Crippen LogP) is 4.08. The van der Waals surface area contributed by atoms with Crippen molar-refractivity contribution in [2.45, 2.75) is 33.4 Å². The molecule has 4 rings (SSSR count). The lowest BCUT2D eigenvalue weighted by atomic mass is 10.1. The number of carbonyl (C=O) groups is 1. The van der Waals surface area contributed by atoms with E-state index in [1.54, 1.807) is 16.9 Å². The van der Waals surface area contributed by atoms with Gasteiger partial charge in [0, 0.05) is 18.1 Å². The van der Waals surface area contributed by atoms with Crippen LogP contribution in [0.3, 0.4) is 0 Å². The number of fused-ring (bicyclic) bond motifs is 1. The van der Waals surface area contributed by atoms with Crippen LogP contribution in [0.15, 0.2) is 30.5 Å². The second kappa shape index (κ2) is 8.32. The number of hydrogen-bond donors (Lipinski definition) is 0. The molecule has 6 nitrogen and oxygen atoms in total. The van der Waals surface area contributed by atoms with E-state index in [1.807, 2.05) is 31.7 Å². The molecule has 2 atom stereocenters. The highest BCUT2D eigenvalue weighted by atomic mass is 35.5. The highest BCUT2D eigenvalue weighted by molar-refractivity contribution is 6.31. The highest BCUT2D eigenvalue weighted by Gasteiger charge is 2.29. The fraction of sp³-hybridized carbons (Fsp3) is 0.409. The Kier molecular flexibility index (Phi) is 5.75. The Morgan fingerprint density at radius 3 is 2.87 bits per heavy atom. The zero-order chi connectivity index (χ0) is 21.4. The molecule has 0 spiro atoms. The Morgan fingerprint density at radius 1 is 1.33 bits per heavy atom. The maximum Gasteiger partial charge on any atom is 0.227 e. The average Bonchev–Trinajstić information content (AvgIpc) is 2.99. The first kappa shape index (κ1) is 20.8. The molecule has 1 saturated heterocycles. The fourth-order valence-electron chi connectivity index (χ4n) is 3.84. The van der Waals surface area contributed by atoms with Gasteiger partial charge in [-0.05, 0) is 43.5 Å². The third kappa shape index (κ3) is 4.04. The lowest BCUT2D eigenvalue weighted by molar-refractivity contribution is -0.143. The third-order valence-corrected chi connectivity index (χ3v) is 6.12. The molecule has 0 saturated carbocycles. The van der Waals surface area contributed by atoms with Crippen molar-refractivity contribution >= 4 is 28.3 Å². The summed E-state index contributed by atoms with van der Waals surface area (Å²) in [6.45, 7) is 7.49. The van der Waals surface area contributed by atoms with Crippen molar-refractivity contribution in [2.75, 3.05) is 19.7 Å². The molecule has 0 N–H and O–H groups in total. The molecule has 1 aliphatic rings. The topological polar surface area (TPSA) is 60.2 Å². The molecular weight excluding hydrogens is 407 g/mol. The maximum absolute atomic E-state index is 13.6. The molecule has 8 heteroatoms. The van der Waals surface area contributed by atoms with Crippen molar-refractivity contribution in [3.05, 3.63) is 58.4 Å². The summed E-state index contributed by atoms with van der Waals surface area (Å²) in [7, 11) is 0. The summed E-state index contributed by atoms with van der Waals surface area (Å²) in [6.07, 6.45) is 1.37. The lowest BCUT2D eigenvalue weighted by Gasteiger charge is -2.34. The minimum absolute atomic E-state index is 0.0406. The molecule has 0 bridgehead atoms. The second-order valence-corrected chi connectivity index (χ2v) is 8.19. The monoisotopic (exact) mass is 430 g/mol. The van der Waals surface area contributed by atoms with Gasteiger partial charge in [-0.15, -0.1) is 0 Å². The standard InChI is InChI=1S/C22H24ClFN4O2/c1-13(11-28-15(3)21(23)14(2)26-28)22(29)27-6-7-30-20(12-27)19-9-17-8-18(24)5-4-16(17)10-25-19/h4-5,8-10,13,20H,6-7,11-12H2,1-3H3/t13-,20-/m0/s1. The van der Waals surface area contributed by atoms with Crippen molar-refractivity contribution in [3.8, 4) is 0 Å². The maximum atomic E-state index is 13.6. The number of nitrogens with zero attached hydrogens (tertiary/aromatic N) is 4. The first-order valence-electron chi connectivity index (χ1n) is 9.98. The van der Waals surface area contributed by atoms with E-state index in [0.29, 0.717) is 37.0 Å². The first-order valence-corrected chi connectivity index (χ1v) is 10.4. The number of carbonyl (C=O) groups excluding carboxylic acids is 1. The number of pyridine rings is 1. The quantitative estimate of drug-likeness (QED) is 0.625. The van der Waals surface area contributed by atoms with Gasteiger partial charge < -0.3 is 9.64 Å². The second-order valence-electron chi connectivity index (χ2n) is 7.81. The minimum Gasteiger partial charge on any atom is -0.368 e.